The number of hydrogen-bond acceptors (Lipinski definition) is 5. The largest absolute Gasteiger partial charge is 0.497 e. The van der Waals surface area contributed by atoms with Crippen molar-refractivity contribution in [3.63, 3.8) is 0 Å². The van der Waals surface area contributed by atoms with Crippen molar-refractivity contribution in [3.05, 3.63) is 65.0 Å². The molecule has 0 spiro atoms. The Labute approximate surface area is 160 Å². The monoisotopic (exact) mass is 375 g/mol. The highest BCUT2D eigenvalue weighted by atomic mass is 16.5. The molecule has 3 heterocycles. The molecule has 1 atom stereocenters. The van der Waals surface area contributed by atoms with Gasteiger partial charge in [0.25, 0.3) is 11.8 Å². The van der Waals surface area contributed by atoms with Gasteiger partial charge in [-0.05, 0) is 29.8 Å². The minimum absolute atomic E-state index is 0.261. The number of amides is 2. The molecule has 0 radical (unpaired) electrons. The second-order valence-electron chi connectivity index (χ2n) is 6.69. The van der Waals surface area contributed by atoms with E-state index in [4.69, 9.17) is 9.47 Å². The number of H-pyrrole nitrogens is 1. The average molecular weight is 375 g/mol. The summed E-state index contributed by atoms with van der Waals surface area (Å²) in [7, 11) is 3.21. The molecular weight excluding hydrogens is 358 g/mol. The second kappa shape index (κ2) is 5.88. The summed E-state index contributed by atoms with van der Waals surface area (Å²) in [4.78, 5) is 28.2. The van der Waals surface area contributed by atoms with E-state index >= 15 is 0 Å². The van der Waals surface area contributed by atoms with Gasteiger partial charge < -0.3 is 19.8 Å². The van der Waals surface area contributed by atoms with Crippen LogP contribution in [0.4, 0.5) is 0 Å². The molecule has 2 aliphatic heterocycles. The predicted molar refractivity (Wildman–Crippen MR) is 103 cm³/mol. The van der Waals surface area contributed by atoms with Gasteiger partial charge in [-0.3, -0.25) is 14.9 Å². The third-order valence-electron chi connectivity index (χ3n) is 5.27. The molecule has 5 rings (SSSR count). The van der Waals surface area contributed by atoms with Crippen LogP contribution in [0.5, 0.6) is 11.5 Å². The zero-order valence-corrected chi connectivity index (χ0v) is 15.3. The Bertz CT molecular complexity index is 1190. The number of benzene rings is 2. The van der Waals surface area contributed by atoms with Crippen LogP contribution in [0.3, 0.4) is 0 Å². The highest BCUT2D eigenvalue weighted by molar-refractivity contribution is 6.37. The van der Waals surface area contributed by atoms with E-state index in [2.05, 4.69) is 15.6 Å². The summed E-state index contributed by atoms with van der Waals surface area (Å²) in [6, 6.07) is 11.0. The van der Waals surface area contributed by atoms with E-state index in [1.54, 1.807) is 20.4 Å². The smallest absolute Gasteiger partial charge is 0.275 e. The summed E-state index contributed by atoms with van der Waals surface area (Å²) in [5, 5.41) is 6.54. The number of nitrogens with one attached hydrogen (secondary N) is 3. The Morgan fingerprint density at radius 1 is 1.00 bits per heavy atom. The zero-order valence-electron chi connectivity index (χ0n) is 15.3. The van der Waals surface area contributed by atoms with E-state index in [9.17, 15) is 9.59 Å². The minimum atomic E-state index is -0.436. The normalized spacial score (nSPS) is 17.9. The van der Waals surface area contributed by atoms with Crippen LogP contribution in [0, 0.1) is 0 Å². The lowest BCUT2D eigenvalue weighted by Gasteiger charge is -2.23. The maximum Gasteiger partial charge on any atom is 0.275 e. The summed E-state index contributed by atoms with van der Waals surface area (Å²) >= 11 is 0. The topological polar surface area (TPSA) is 92.5 Å². The molecule has 140 valence electrons. The van der Waals surface area contributed by atoms with Crippen LogP contribution in [0.1, 0.15) is 22.7 Å². The van der Waals surface area contributed by atoms with E-state index in [-0.39, 0.29) is 5.70 Å². The molecule has 1 aromatic heterocycles. The molecule has 3 aromatic rings. The fourth-order valence-corrected chi connectivity index (χ4v) is 4.03. The first kappa shape index (κ1) is 16.4. The van der Waals surface area contributed by atoms with Crippen molar-refractivity contribution in [1.29, 1.82) is 0 Å². The van der Waals surface area contributed by atoms with Gasteiger partial charge in [-0.25, -0.2) is 0 Å². The van der Waals surface area contributed by atoms with Gasteiger partial charge in [-0.1, -0.05) is 12.1 Å². The van der Waals surface area contributed by atoms with Crippen LogP contribution in [-0.4, -0.2) is 31.0 Å². The van der Waals surface area contributed by atoms with Gasteiger partial charge in [0.1, 0.15) is 17.2 Å². The van der Waals surface area contributed by atoms with E-state index in [0.717, 1.165) is 22.0 Å². The fraction of sp³-hybridized carbons (Fsp3) is 0.143. The highest BCUT2D eigenvalue weighted by Crippen LogP contribution is 2.44. The van der Waals surface area contributed by atoms with E-state index in [0.29, 0.717) is 22.6 Å². The molecule has 0 saturated heterocycles. The third kappa shape index (κ3) is 2.16. The van der Waals surface area contributed by atoms with Crippen molar-refractivity contribution in [1.82, 2.24) is 15.6 Å². The molecule has 3 N–H and O–H groups in total. The molecule has 28 heavy (non-hydrogen) atoms. The van der Waals surface area contributed by atoms with Crippen molar-refractivity contribution >= 4 is 28.3 Å². The summed E-state index contributed by atoms with van der Waals surface area (Å²) in [5.74, 6) is 0.523. The fourth-order valence-electron chi connectivity index (χ4n) is 4.03. The molecule has 7 nitrogen and oxygen atoms in total. The second-order valence-corrected chi connectivity index (χ2v) is 6.69. The maximum absolute atomic E-state index is 12.5. The zero-order chi connectivity index (χ0) is 19.4. The van der Waals surface area contributed by atoms with E-state index < -0.39 is 17.9 Å². The lowest BCUT2D eigenvalue weighted by molar-refractivity contribution is -0.123. The van der Waals surface area contributed by atoms with Crippen LogP contribution in [0.25, 0.3) is 16.5 Å². The van der Waals surface area contributed by atoms with Gasteiger partial charge in [-0.15, -0.1) is 0 Å². The molecule has 0 bridgehead atoms. The summed E-state index contributed by atoms with van der Waals surface area (Å²) in [6.07, 6.45) is 1.76. The number of hydrogen-bond donors (Lipinski definition) is 3. The number of ether oxygens (including phenoxy) is 2. The molecular formula is C21H17N3O4. The number of aromatic nitrogens is 1. The first-order chi connectivity index (χ1) is 13.6. The van der Waals surface area contributed by atoms with Crippen molar-refractivity contribution in [2.24, 2.45) is 0 Å². The van der Waals surface area contributed by atoms with Crippen molar-refractivity contribution in [2.75, 3.05) is 14.2 Å². The van der Waals surface area contributed by atoms with Crippen molar-refractivity contribution in [3.8, 4) is 11.5 Å². The van der Waals surface area contributed by atoms with Crippen LogP contribution < -0.4 is 20.1 Å². The Hall–Kier alpha value is -3.74. The SMILES string of the molecule is COc1cccc(C2NC3=C(C(=O)NC3=O)c3c[nH]c4ccc(OC)c2c34)c1. The Kier molecular flexibility index (Phi) is 3.45. The quantitative estimate of drug-likeness (QED) is 0.611. The van der Waals surface area contributed by atoms with Crippen molar-refractivity contribution < 1.29 is 19.1 Å². The number of fused-ring (bicyclic) bond motifs is 1. The van der Waals surface area contributed by atoms with Crippen LogP contribution in [0.2, 0.25) is 0 Å². The maximum atomic E-state index is 12.5. The third-order valence-corrected chi connectivity index (χ3v) is 5.27. The molecule has 0 aliphatic carbocycles. The molecule has 7 heteroatoms. The summed E-state index contributed by atoms with van der Waals surface area (Å²) < 4.78 is 11.0. The molecule has 0 saturated carbocycles. The van der Waals surface area contributed by atoms with Gasteiger partial charge in [0, 0.05) is 28.2 Å². The first-order valence-electron chi connectivity index (χ1n) is 8.81. The average Bonchev–Trinajstić information content (AvgIpc) is 3.19. The Morgan fingerprint density at radius 2 is 1.86 bits per heavy atom. The van der Waals surface area contributed by atoms with Gasteiger partial charge in [0.15, 0.2) is 0 Å². The number of aromatic amines is 1. The van der Waals surface area contributed by atoms with Crippen LogP contribution in [0.15, 0.2) is 48.3 Å². The Morgan fingerprint density at radius 3 is 2.64 bits per heavy atom. The van der Waals surface area contributed by atoms with Crippen LogP contribution >= 0.6 is 0 Å². The highest BCUT2D eigenvalue weighted by Gasteiger charge is 2.39. The number of carbonyl (C=O) groups excluding carboxylic acids is 2. The molecule has 2 amide bonds. The number of imide groups is 1. The summed E-state index contributed by atoms with van der Waals surface area (Å²) in [6.45, 7) is 0. The van der Waals surface area contributed by atoms with Crippen LogP contribution in [-0.2, 0) is 9.59 Å². The number of methoxy groups -OCH3 is 2. The van der Waals surface area contributed by atoms with Gasteiger partial charge in [0.05, 0.1) is 25.8 Å². The van der Waals surface area contributed by atoms with E-state index in [1.165, 1.54) is 0 Å². The predicted octanol–water partition coefficient (Wildman–Crippen LogP) is 2.25. The lowest BCUT2D eigenvalue weighted by atomic mass is 9.93. The van der Waals surface area contributed by atoms with Gasteiger partial charge >= 0.3 is 0 Å². The van der Waals surface area contributed by atoms with Crippen molar-refractivity contribution in [2.45, 2.75) is 6.04 Å². The molecule has 1 unspecified atom stereocenters. The first-order valence-corrected chi connectivity index (χ1v) is 8.81. The van der Waals surface area contributed by atoms with Gasteiger partial charge in [0.2, 0.25) is 0 Å². The van der Waals surface area contributed by atoms with E-state index in [1.807, 2.05) is 36.4 Å². The number of rotatable bonds is 3. The number of carbonyl (C=O) groups is 2. The summed E-state index contributed by atoms with van der Waals surface area (Å²) in [5.41, 5.74) is 3.90. The molecule has 2 aromatic carbocycles. The minimum Gasteiger partial charge on any atom is -0.497 e. The Balaban J connectivity index is 1.86. The van der Waals surface area contributed by atoms with Gasteiger partial charge in [-0.2, -0.15) is 0 Å². The molecule has 0 fully saturated rings. The lowest BCUT2D eigenvalue weighted by Crippen LogP contribution is -2.30. The molecule has 2 aliphatic rings. The standard InChI is InChI=1S/C21H17N3O4/c1-27-11-5-3-4-10(8-11)18-17-14(28-2)7-6-13-15(17)12(9-22-13)16-19(23-18)21(26)24-20(16)25/h3-9,18,22-23H,1-2H3,(H,24,25,26).